The smallest absolute Gasteiger partial charge is 0.239 e. The predicted octanol–water partition coefficient (Wildman–Crippen LogP) is 0.811. The Labute approximate surface area is 108 Å². The van der Waals surface area contributed by atoms with Crippen LogP contribution in [0.25, 0.3) is 0 Å². The van der Waals surface area contributed by atoms with E-state index in [9.17, 15) is 4.79 Å². The van der Waals surface area contributed by atoms with Crippen molar-refractivity contribution in [2.24, 2.45) is 5.73 Å². The zero-order chi connectivity index (χ0) is 13.5. The van der Waals surface area contributed by atoms with Crippen molar-refractivity contribution in [3.05, 3.63) is 23.4 Å². The van der Waals surface area contributed by atoms with Gasteiger partial charge in [0.1, 0.15) is 5.82 Å². The number of likely N-dealkylation sites (N-methyl/N-ethyl adjacent to an activating group) is 1. The lowest BCUT2D eigenvalue weighted by atomic mass is 10.1. The number of pyridine rings is 1. The quantitative estimate of drug-likeness (QED) is 0.784. The topological polar surface area (TPSA) is 71.2 Å². The van der Waals surface area contributed by atoms with E-state index in [0.29, 0.717) is 19.6 Å². The summed E-state index contributed by atoms with van der Waals surface area (Å²) in [6.45, 7) is 5.45. The summed E-state index contributed by atoms with van der Waals surface area (Å²) in [6, 6.07) is 1.93. The first-order valence-electron chi connectivity index (χ1n) is 6.22. The fourth-order valence-electron chi connectivity index (χ4n) is 1.77. The van der Waals surface area contributed by atoms with E-state index in [4.69, 9.17) is 5.73 Å². The molecule has 0 aromatic carbocycles. The molecule has 5 nitrogen and oxygen atoms in total. The molecule has 1 heterocycles. The second-order valence-electron chi connectivity index (χ2n) is 4.34. The molecule has 0 saturated heterocycles. The molecule has 0 radical (unpaired) electrons. The van der Waals surface area contributed by atoms with Crippen molar-refractivity contribution in [1.29, 1.82) is 0 Å². The van der Waals surface area contributed by atoms with Crippen LogP contribution in [0.2, 0.25) is 0 Å². The Morgan fingerprint density at radius 2 is 2.28 bits per heavy atom. The molecule has 0 aliphatic carbocycles. The number of nitrogens with zero attached hydrogens (tertiary/aromatic N) is 2. The highest BCUT2D eigenvalue weighted by atomic mass is 16.2. The molecule has 0 aliphatic heterocycles. The van der Waals surface area contributed by atoms with Gasteiger partial charge < -0.3 is 16.0 Å². The van der Waals surface area contributed by atoms with Gasteiger partial charge in [0, 0.05) is 31.9 Å². The van der Waals surface area contributed by atoms with E-state index in [2.05, 4.69) is 10.3 Å². The minimum Gasteiger partial charge on any atom is -0.355 e. The summed E-state index contributed by atoms with van der Waals surface area (Å²) >= 11 is 0. The molecule has 5 heteroatoms. The first-order valence-corrected chi connectivity index (χ1v) is 6.22. The molecule has 1 aromatic rings. The summed E-state index contributed by atoms with van der Waals surface area (Å²) < 4.78 is 0. The van der Waals surface area contributed by atoms with Gasteiger partial charge in [0.25, 0.3) is 0 Å². The van der Waals surface area contributed by atoms with Crippen LogP contribution in [0.1, 0.15) is 24.5 Å². The molecule has 18 heavy (non-hydrogen) atoms. The number of anilines is 1. The van der Waals surface area contributed by atoms with Crippen LogP contribution in [-0.2, 0) is 11.3 Å². The average molecular weight is 250 g/mol. The van der Waals surface area contributed by atoms with Crippen LogP contribution in [0.15, 0.2) is 12.3 Å². The zero-order valence-electron chi connectivity index (χ0n) is 11.4. The van der Waals surface area contributed by atoms with Crippen LogP contribution in [0.4, 0.5) is 5.82 Å². The number of nitrogens with two attached hydrogens (primary N) is 1. The van der Waals surface area contributed by atoms with Crippen LogP contribution in [0.3, 0.4) is 0 Å². The first-order chi connectivity index (χ1) is 8.60. The number of aryl methyl sites for hydroxylation is 1. The lowest BCUT2D eigenvalue weighted by Gasteiger charge is -2.21. The maximum atomic E-state index is 11.7. The molecule has 0 saturated carbocycles. The van der Waals surface area contributed by atoms with Crippen LogP contribution in [0, 0.1) is 6.92 Å². The summed E-state index contributed by atoms with van der Waals surface area (Å²) in [5.41, 5.74) is 7.82. The van der Waals surface area contributed by atoms with Gasteiger partial charge in [-0.1, -0.05) is 6.92 Å². The lowest BCUT2D eigenvalue weighted by molar-refractivity contribution is -0.119. The van der Waals surface area contributed by atoms with E-state index in [1.807, 2.05) is 31.9 Å². The molecule has 1 amide bonds. The predicted molar refractivity (Wildman–Crippen MR) is 73.4 cm³/mol. The normalized spacial score (nSPS) is 10.2. The van der Waals surface area contributed by atoms with Crippen molar-refractivity contribution in [2.45, 2.75) is 26.8 Å². The maximum Gasteiger partial charge on any atom is 0.239 e. The van der Waals surface area contributed by atoms with E-state index < -0.39 is 0 Å². The van der Waals surface area contributed by atoms with E-state index in [1.165, 1.54) is 0 Å². The molecule has 100 valence electrons. The van der Waals surface area contributed by atoms with Gasteiger partial charge in [-0.25, -0.2) is 4.98 Å². The number of nitrogens with one attached hydrogen (secondary N) is 1. The summed E-state index contributed by atoms with van der Waals surface area (Å²) in [7, 11) is 1.85. The van der Waals surface area contributed by atoms with E-state index >= 15 is 0 Å². The summed E-state index contributed by atoms with van der Waals surface area (Å²) in [4.78, 5) is 17.8. The Morgan fingerprint density at radius 3 is 2.89 bits per heavy atom. The third-order valence-corrected chi connectivity index (χ3v) is 2.79. The molecule has 0 bridgehead atoms. The summed E-state index contributed by atoms with van der Waals surface area (Å²) in [5, 5.41) is 2.85. The summed E-state index contributed by atoms with van der Waals surface area (Å²) in [5.74, 6) is 0.787. The number of hydrogen-bond acceptors (Lipinski definition) is 4. The molecule has 0 atom stereocenters. The Morgan fingerprint density at radius 1 is 1.56 bits per heavy atom. The standard InChI is InChI=1S/C13H22N4O/c1-4-6-15-12(18)9-17(3)13-11(8-14)10(2)5-7-16-13/h5,7H,4,6,8-9,14H2,1-3H3,(H,15,18). The number of carbonyl (C=O) groups excluding carboxylic acids is 1. The SMILES string of the molecule is CCCNC(=O)CN(C)c1nccc(C)c1CN. The lowest BCUT2D eigenvalue weighted by Crippen LogP contribution is -2.36. The van der Waals surface area contributed by atoms with E-state index in [0.717, 1.165) is 23.4 Å². The van der Waals surface area contributed by atoms with Crippen molar-refractivity contribution < 1.29 is 4.79 Å². The molecule has 1 aromatic heterocycles. The van der Waals surface area contributed by atoms with Gasteiger partial charge in [-0.15, -0.1) is 0 Å². The third-order valence-electron chi connectivity index (χ3n) is 2.79. The molecule has 0 spiro atoms. The Balaban J connectivity index is 2.75. The van der Waals surface area contributed by atoms with Gasteiger partial charge in [0.05, 0.1) is 6.54 Å². The molecule has 0 aliphatic rings. The van der Waals surface area contributed by atoms with Crippen molar-refractivity contribution in [3.63, 3.8) is 0 Å². The van der Waals surface area contributed by atoms with E-state index in [1.54, 1.807) is 6.20 Å². The molecule has 0 unspecified atom stereocenters. The second kappa shape index (κ2) is 6.96. The van der Waals surface area contributed by atoms with Gasteiger partial charge in [-0.3, -0.25) is 4.79 Å². The number of aromatic nitrogens is 1. The molecule has 3 N–H and O–H groups in total. The Bertz CT molecular complexity index is 406. The van der Waals surface area contributed by atoms with Crippen molar-refractivity contribution in [3.8, 4) is 0 Å². The van der Waals surface area contributed by atoms with Gasteiger partial charge in [-0.2, -0.15) is 0 Å². The van der Waals surface area contributed by atoms with Crippen LogP contribution in [-0.4, -0.2) is 31.0 Å². The largest absolute Gasteiger partial charge is 0.355 e. The van der Waals surface area contributed by atoms with Crippen LogP contribution >= 0.6 is 0 Å². The molecule has 1 rings (SSSR count). The second-order valence-corrected chi connectivity index (χ2v) is 4.34. The zero-order valence-corrected chi connectivity index (χ0v) is 11.4. The number of amides is 1. The minimum atomic E-state index is 0.00521. The highest BCUT2D eigenvalue weighted by Crippen LogP contribution is 2.18. The van der Waals surface area contributed by atoms with Crippen molar-refractivity contribution >= 4 is 11.7 Å². The number of hydrogen-bond donors (Lipinski definition) is 2. The van der Waals surface area contributed by atoms with Crippen LogP contribution < -0.4 is 16.0 Å². The maximum absolute atomic E-state index is 11.7. The molecule has 0 fully saturated rings. The number of carbonyl (C=O) groups is 1. The van der Waals surface area contributed by atoms with Gasteiger partial charge in [0.15, 0.2) is 0 Å². The Hall–Kier alpha value is -1.62. The molecular weight excluding hydrogens is 228 g/mol. The Kier molecular flexibility index (Phi) is 5.58. The fraction of sp³-hybridized carbons (Fsp3) is 0.538. The van der Waals surface area contributed by atoms with Crippen molar-refractivity contribution in [1.82, 2.24) is 10.3 Å². The molecular formula is C13H22N4O. The van der Waals surface area contributed by atoms with Gasteiger partial charge >= 0.3 is 0 Å². The highest BCUT2D eigenvalue weighted by Gasteiger charge is 2.12. The monoisotopic (exact) mass is 250 g/mol. The number of rotatable bonds is 6. The highest BCUT2D eigenvalue weighted by molar-refractivity contribution is 5.81. The fourth-order valence-corrected chi connectivity index (χ4v) is 1.77. The summed E-state index contributed by atoms with van der Waals surface area (Å²) in [6.07, 6.45) is 2.68. The average Bonchev–Trinajstić information content (AvgIpc) is 2.35. The van der Waals surface area contributed by atoms with Gasteiger partial charge in [-0.05, 0) is 25.0 Å². The first kappa shape index (κ1) is 14.4. The minimum absolute atomic E-state index is 0.00521. The van der Waals surface area contributed by atoms with Crippen LogP contribution in [0.5, 0.6) is 0 Å². The van der Waals surface area contributed by atoms with Gasteiger partial charge in [0.2, 0.25) is 5.91 Å². The third kappa shape index (κ3) is 3.70. The van der Waals surface area contributed by atoms with Crippen molar-refractivity contribution in [2.75, 3.05) is 25.0 Å². The van der Waals surface area contributed by atoms with E-state index in [-0.39, 0.29) is 5.91 Å².